The van der Waals surface area contributed by atoms with Crippen LogP contribution in [0.2, 0.25) is 0 Å². The van der Waals surface area contributed by atoms with Gasteiger partial charge in [0.2, 0.25) is 0 Å². The van der Waals surface area contributed by atoms with Gasteiger partial charge in [0.05, 0.1) is 7.11 Å². The number of carbonyl (C=O) groups is 1. The molecular formula is C11H12O2S. The van der Waals surface area contributed by atoms with E-state index in [0.717, 1.165) is 16.2 Å². The molecule has 1 aliphatic rings. The average Bonchev–Trinajstić information content (AvgIpc) is 2.16. The van der Waals surface area contributed by atoms with Crippen LogP contribution in [0.1, 0.15) is 23.7 Å². The third-order valence-electron chi connectivity index (χ3n) is 2.29. The first-order chi connectivity index (χ1) is 6.70. The highest BCUT2D eigenvalue weighted by molar-refractivity contribution is 8.00. The third kappa shape index (κ3) is 1.64. The molecule has 1 heterocycles. The molecule has 2 nitrogen and oxygen atoms in total. The molecule has 1 aromatic rings. The molecule has 0 aliphatic carbocycles. The van der Waals surface area contributed by atoms with E-state index in [1.807, 2.05) is 18.2 Å². The van der Waals surface area contributed by atoms with Crippen molar-refractivity contribution in [3.8, 4) is 5.75 Å². The van der Waals surface area contributed by atoms with Crippen molar-refractivity contribution in [2.75, 3.05) is 7.11 Å². The fourth-order valence-corrected chi connectivity index (χ4v) is 2.75. The molecule has 0 amide bonds. The summed E-state index contributed by atoms with van der Waals surface area (Å²) in [6, 6.07) is 5.64. The van der Waals surface area contributed by atoms with Crippen molar-refractivity contribution in [2.45, 2.75) is 23.5 Å². The van der Waals surface area contributed by atoms with E-state index in [9.17, 15) is 4.79 Å². The highest BCUT2D eigenvalue weighted by Crippen LogP contribution is 2.36. The van der Waals surface area contributed by atoms with E-state index in [1.54, 1.807) is 18.9 Å². The SMILES string of the molecule is COc1ccc2c(c1)S[C@H](C)CC2=O. The molecule has 1 aromatic carbocycles. The van der Waals surface area contributed by atoms with Crippen LogP contribution in [0.3, 0.4) is 0 Å². The molecule has 1 aliphatic heterocycles. The number of rotatable bonds is 1. The third-order valence-corrected chi connectivity index (χ3v) is 3.45. The van der Waals surface area contributed by atoms with E-state index in [4.69, 9.17) is 4.74 Å². The Balaban J connectivity index is 2.44. The Morgan fingerprint density at radius 3 is 3.00 bits per heavy atom. The van der Waals surface area contributed by atoms with Crippen molar-refractivity contribution in [3.63, 3.8) is 0 Å². The van der Waals surface area contributed by atoms with Gasteiger partial charge in [-0.15, -0.1) is 11.8 Å². The molecular weight excluding hydrogens is 196 g/mol. The second kappa shape index (κ2) is 3.65. The molecule has 0 saturated heterocycles. The number of methoxy groups -OCH3 is 1. The Kier molecular flexibility index (Phi) is 2.50. The molecule has 14 heavy (non-hydrogen) atoms. The van der Waals surface area contributed by atoms with Crippen LogP contribution in [0.25, 0.3) is 0 Å². The normalized spacial score (nSPS) is 20.4. The summed E-state index contributed by atoms with van der Waals surface area (Å²) in [6.45, 7) is 2.07. The zero-order chi connectivity index (χ0) is 10.1. The molecule has 0 aromatic heterocycles. The summed E-state index contributed by atoms with van der Waals surface area (Å²) in [6.07, 6.45) is 0.643. The summed E-state index contributed by atoms with van der Waals surface area (Å²) in [5.41, 5.74) is 0.842. The van der Waals surface area contributed by atoms with Gasteiger partial charge in [0.15, 0.2) is 5.78 Å². The van der Waals surface area contributed by atoms with Gasteiger partial charge < -0.3 is 4.74 Å². The number of ketones is 1. The highest BCUT2D eigenvalue weighted by Gasteiger charge is 2.22. The number of benzene rings is 1. The lowest BCUT2D eigenvalue weighted by atomic mass is 10.1. The summed E-state index contributed by atoms with van der Waals surface area (Å²) in [5, 5.41) is 0.377. The molecule has 0 saturated carbocycles. The Hall–Kier alpha value is -0.960. The smallest absolute Gasteiger partial charge is 0.165 e. The topological polar surface area (TPSA) is 26.3 Å². The van der Waals surface area contributed by atoms with Gasteiger partial charge >= 0.3 is 0 Å². The Bertz CT molecular complexity index is 374. The molecule has 0 radical (unpaired) electrons. The molecule has 1 atom stereocenters. The van der Waals surface area contributed by atoms with Crippen LogP contribution in [0.5, 0.6) is 5.75 Å². The van der Waals surface area contributed by atoms with Crippen molar-refractivity contribution in [1.29, 1.82) is 0 Å². The van der Waals surface area contributed by atoms with E-state index in [2.05, 4.69) is 6.92 Å². The molecule has 74 valence electrons. The number of thioether (sulfide) groups is 1. The summed E-state index contributed by atoms with van der Waals surface area (Å²) in [4.78, 5) is 12.7. The predicted molar refractivity (Wildman–Crippen MR) is 57.3 cm³/mol. The quantitative estimate of drug-likeness (QED) is 0.710. The molecule has 0 bridgehead atoms. The van der Waals surface area contributed by atoms with E-state index in [1.165, 1.54) is 0 Å². The number of ether oxygens (including phenoxy) is 1. The maximum absolute atomic E-state index is 11.6. The molecule has 0 unspecified atom stereocenters. The summed E-state index contributed by atoms with van der Waals surface area (Å²) < 4.78 is 5.13. The van der Waals surface area contributed by atoms with Gasteiger partial charge in [-0.2, -0.15) is 0 Å². The van der Waals surface area contributed by atoms with Crippen LogP contribution in [0.15, 0.2) is 23.1 Å². The second-order valence-electron chi connectivity index (χ2n) is 3.42. The van der Waals surface area contributed by atoms with Gasteiger partial charge in [-0.1, -0.05) is 6.92 Å². The maximum atomic E-state index is 11.6. The fourth-order valence-electron chi connectivity index (χ4n) is 1.59. The van der Waals surface area contributed by atoms with E-state index < -0.39 is 0 Å². The first-order valence-corrected chi connectivity index (χ1v) is 5.46. The van der Waals surface area contributed by atoms with Gasteiger partial charge in [-0.3, -0.25) is 4.79 Å². The van der Waals surface area contributed by atoms with Crippen LogP contribution in [-0.4, -0.2) is 18.1 Å². The average molecular weight is 208 g/mol. The number of hydrogen-bond donors (Lipinski definition) is 0. The number of hydrogen-bond acceptors (Lipinski definition) is 3. The van der Waals surface area contributed by atoms with E-state index in [0.29, 0.717) is 11.7 Å². The van der Waals surface area contributed by atoms with Crippen LogP contribution < -0.4 is 4.74 Å². The standard InChI is InChI=1S/C11H12O2S/c1-7-5-10(12)9-4-3-8(13-2)6-11(9)14-7/h3-4,6-7H,5H2,1-2H3/t7-/m1/s1. The largest absolute Gasteiger partial charge is 0.497 e. The first kappa shape index (κ1) is 9.59. The molecule has 3 heteroatoms. The zero-order valence-electron chi connectivity index (χ0n) is 8.24. The number of carbonyl (C=O) groups excluding carboxylic acids is 1. The van der Waals surface area contributed by atoms with Crippen molar-refractivity contribution >= 4 is 17.5 Å². The minimum Gasteiger partial charge on any atom is -0.497 e. The van der Waals surface area contributed by atoms with Crippen molar-refractivity contribution in [2.24, 2.45) is 0 Å². The van der Waals surface area contributed by atoms with Gasteiger partial charge in [-0.25, -0.2) is 0 Å². The molecule has 0 N–H and O–H groups in total. The van der Waals surface area contributed by atoms with Gasteiger partial charge in [0, 0.05) is 22.1 Å². The van der Waals surface area contributed by atoms with Crippen LogP contribution in [-0.2, 0) is 0 Å². The zero-order valence-corrected chi connectivity index (χ0v) is 9.06. The van der Waals surface area contributed by atoms with Crippen molar-refractivity contribution in [1.82, 2.24) is 0 Å². The molecule has 0 fully saturated rings. The van der Waals surface area contributed by atoms with Gasteiger partial charge in [-0.05, 0) is 18.2 Å². The molecule has 2 rings (SSSR count). The monoisotopic (exact) mass is 208 g/mol. The predicted octanol–water partition coefficient (Wildman–Crippen LogP) is 2.76. The number of fused-ring (bicyclic) bond motifs is 1. The summed E-state index contributed by atoms with van der Waals surface area (Å²) >= 11 is 1.74. The second-order valence-corrected chi connectivity index (χ2v) is 4.90. The lowest BCUT2D eigenvalue weighted by Crippen LogP contribution is -2.14. The van der Waals surface area contributed by atoms with Crippen LogP contribution >= 0.6 is 11.8 Å². The maximum Gasteiger partial charge on any atom is 0.165 e. The minimum atomic E-state index is 0.244. The highest BCUT2D eigenvalue weighted by atomic mass is 32.2. The van der Waals surface area contributed by atoms with Gasteiger partial charge in [0.25, 0.3) is 0 Å². The number of Topliss-reactive ketones (excluding diaryl/α,β-unsaturated/α-hetero) is 1. The van der Waals surface area contributed by atoms with Crippen molar-refractivity contribution in [3.05, 3.63) is 23.8 Å². The van der Waals surface area contributed by atoms with Crippen LogP contribution in [0, 0.1) is 0 Å². The Morgan fingerprint density at radius 2 is 2.29 bits per heavy atom. The lowest BCUT2D eigenvalue weighted by molar-refractivity contribution is 0.0978. The summed E-state index contributed by atoms with van der Waals surface area (Å²) in [5.74, 6) is 1.06. The lowest BCUT2D eigenvalue weighted by Gasteiger charge is -2.20. The Morgan fingerprint density at radius 1 is 1.50 bits per heavy atom. The van der Waals surface area contributed by atoms with Crippen LogP contribution in [0.4, 0.5) is 0 Å². The van der Waals surface area contributed by atoms with E-state index >= 15 is 0 Å². The fraction of sp³-hybridized carbons (Fsp3) is 0.364. The molecule has 0 spiro atoms. The van der Waals surface area contributed by atoms with Gasteiger partial charge in [0.1, 0.15) is 5.75 Å². The summed E-state index contributed by atoms with van der Waals surface area (Å²) in [7, 11) is 1.64. The Labute approximate surface area is 87.6 Å². The van der Waals surface area contributed by atoms with E-state index in [-0.39, 0.29) is 5.78 Å². The van der Waals surface area contributed by atoms with Crippen molar-refractivity contribution < 1.29 is 9.53 Å². The minimum absolute atomic E-state index is 0.244. The first-order valence-electron chi connectivity index (χ1n) is 4.58.